The Balaban J connectivity index is 1.55. The quantitative estimate of drug-likeness (QED) is 0.466. The number of benzene rings is 1. The van der Waals surface area contributed by atoms with Crippen LogP contribution in [0.4, 0.5) is 0 Å². The third kappa shape index (κ3) is 2.87. The number of pyridine rings is 2. The molecule has 0 N–H and O–H groups in total. The molecule has 28 heavy (non-hydrogen) atoms. The Kier molecular flexibility index (Phi) is 3.98. The van der Waals surface area contributed by atoms with Gasteiger partial charge in [0.15, 0.2) is 10.8 Å². The van der Waals surface area contributed by atoms with Gasteiger partial charge in [-0.3, -0.25) is 14.1 Å². The number of rotatable bonds is 4. The van der Waals surface area contributed by atoms with Gasteiger partial charge in [-0.15, -0.1) is 10.2 Å². The zero-order valence-corrected chi connectivity index (χ0v) is 16.1. The van der Waals surface area contributed by atoms with Crippen LogP contribution in [0.3, 0.4) is 0 Å². The van der Waals surface area contributed by atoms with Crippen molar-refractivity contribution in [2.45, 2.75) is 10.1 Å². The van der Waals surface area contributed by atoms with E-state index >= 15 is 0 Å². The highest BCUT2D eigenvalue weighted by atomic mass is 32.2. The van der Waals surface area contributed by atoms with E-state index in [2.05, 4.69) is 26.3 Å². The average Bonchev–Trinajstić information content (AvgIpc) is 3.33. The zero-order valence-electron chi connectivity index (χ0n) is 15.3. The van der Waals surface area contributed by atoms with Gasteiger partial charge < -0.3 is 4.74 Å². The van der Waals surface area contributed by atoms with Crippen LogP contribution in [0.25, 0.3) is 27.7 Å². The second kappa shape index (κ2) is 6.65. The SMILES string of the molecule is COc1ccnc2ccc(Sc3nnc4ccc(-c5cnn(C)c5)cn34)cc12. The first-order chi connectivity index (χ1) is 13.7. The molecule has 0 bridgehead atoms. The number of aromatic nitrogens is 6. The van der Waals surface area contributed by atoms with E-state index in [9.17, 15) is 0 Å². The number of ether oxygens (including phenoxy) is 1. The molecule has 0 unspecified atom stereocenters. The summed E-state index contributed by atoms with van der Waals surface area (Å²) in [5.41, 5.74) is 3.81. The van der Waals surface area contributed by atoms with Crippen LogP contribution in [-0.4, -0.2) is 36.5 Å². The summed E-state index contributed by atoms with van der Waals surface area (Å²) < 4.78 is 9.25. The van der Waals surface area contributed by atoms with Gasteiger partial charge in [0.05, 0.1) is 18.8 Å². The minimum atomic E-state index is 0.794. The van der Waals surface area contributed by atoms with Crippen LogP contribution in [0.15, 0.2) is 71.2 Å². The van der Waals surface area contributed by atoms with Crippen LogP contribution in [-0.2, 0) is 7.05 Å². The van der Waals surface area contributed by atoms with Crippen molar-refractivity contribution in [3.05, 3.63) is 61.2 Å². The molecule has 0 fully saturated rings. The Labute approximate surface area is 165 Å². The predicted molar refractivity (Wildman–Crippen MR) is 108 cm³/mol. The molecule has 7 nitrogen and oxygen atoms in total. The highest BCUT2D eigenvalue weighted by Gasteiger charge is 2.11. The zero-order chi connectivity index (χ0) is 19.1. The Morgan fingerprint density at radius 3 is 2.75 bits per heavy atom. The van der Waals surface area contributed by atoms with Gasteiger partial charge in [0.25, 0.3) is 0 Å². The number of nitrogens with zero attached hydrogens (tertiary/aromatic N) is 6. The molecule has 8 heteroatoms. The lowest BCUT2D eigenvalue weighted by molar-refractivity contribution is 0.419. The van der Waals surface area contributed by atoms with Crippen molar-refractivity contribution in [2.24, 2.45) is 7.05 Å². The van der Waals surface area contributed by atoms with Crippen molar-refractivity contribution in [2.75, 3.05) is 7.11 Å². The van der Waals surface area contributed by atoms with Crippen molar-refractivity contribution in [3.63, 3.8) is 0 Å². The molecule has 4 aromatic heterocycles. The maximum Gasteiger partial charge on any atom is 0.200 e. The highest BCUT2D eigenvalue weighted by molar-refractivity contribution is 7.99. The van der Waals surface area contributed by atoms with Gasteiger partial charge in [0.1, 0.15) is 5.75 Å². The fourth-order valence-electron chi connectivity index (χ4n) is 3.13. The molecular formula is C20H16N6OS. The Morgan fingerprint density at radius 2 is 1.93 bits per heavy atom. The van der Waals surface area contributed by atoms with E-state index in [0.29, 0.717) is 0 Å². The van der Waals surface area contributed by atoms with Gasteiger partial charge in [-0.05, 0) is 48.2 Å². The monoisotopic (exact) mass is 388 g/mol. The van der Waals surface area contributed by atoms with Crippen LogP contribution < -0.4 is 4.74 Å². The number of hydrogen-bond acceptors (Lipinski definition) is 6. The summed E-state index contributed by atoms with van der Waals surface area (Å²) in [5.74, 6) is 0.803. The van der Waals surface area contributed by atoms with Gasteiger partial charge >= 0.3 is 0 Å². The summed E-state index contributed by atoms with van der Waals surface area (Å²) in [5, 5.41) is 14.7. The number of fused-ring (bicyclic) bond motifs is 2. The van der Waals surface area contributed by atoms with Crippen LogP contribution in [0.5, 0.6) is 5.75 Å². The lowest BCUT2D eigenvalue weighted by atomic mass is 10.2. The molecule has 1 aromatic carbocycles. The molecule has 0 radical (unpaired) electrons. The van der Waals surface area contributed by atoms with Gasteiger partial charge in [0, 0.05) is 47.0 Å². The van der Waals surface area contributed by atoms with Gasteiger partial charge in [-0.25, -0.2) is 0 Å². The summed E-state index contributed by atoms with van der Waals surface area (Å²) >= 11 is 1.55. The smallest absolute Gasteiger partial charge is 0.200 e. The first-order valence-electron chi connectivity index (χ1n) is 8.66. The second-order valence-corrected chi connectivity index (χ2v) is 7.37. The summed E-state index contributed by atoms with van der Waals surface area (Å²) in [6, 6.07) is 12.0. The van der Waals surface area contributed by atoms with Crippen molar-refractivity contribution in [3.8, 4) is 16.9 Å². The molecular weight excluding hydrogens is 372 g/mol. The number of hydrogen-bond donors (Lipinski definition) is 0. The summed E-state index contributed by atoms with van der Waals surface area (Å²) in [4.78, 5) is 5.44. The van der Waals surface area contributed by atoms with Crippen LogP contribution in [0, 0.1) is 0 Å². The summed E-state index contributed by atoms with van der Waals surface area (Å²) in [7, 11) is 3.57. The standard InChI is InChI=1S/C20H16N6OS/c1-25-11-14(10-22-25)13-3-6-19-23-24-20(26(19)12-13)28-15-4-5-17-16(9-15)18(27-2)7-8-21-17/h3-12H,1-2H3. The van der Waals surface area contributed by atoms with Crippen LogP contribution >= 0.6 is 11.8 Å². The largest absolute Gasteiger partial charge is 0.496 e. The molecule has 0 amide bonds. The predicted octanol–water partition coefficient (Wildman–Crippen LogP) is 3.84. The highest BCUT2D eigenvalue weighted by Crippen LogP contribution is 2.32. The second-order valence-electron chi connectivity index (χ2n) is 6.33. The molecule has 4 heterocycles. The fraction of sp³-hybridized carbons (Fsp3) is 0.100. The van der Waals surface area contributed by atoms with E-state index in [1.165, 1.54) is 0 Å². The van der Waals surface area contributed by atoms with E-state index < -0.39 is 0 Å². The number of methoxy groups -OCH3 is 1. The Bertz CT molecular complexity index is 1310. The third-order valence-electron chi connectivity index (χ3n) is 4.51. The van der Waals surface area contributed by atoms with Crippen LogP contribution in [0.1, 0.15) is 0 Å². The maximum atomic E-state index is 5.46. The van der Waals surface area contributed by atoms with E-state index in [-0.39, 0.29) is 0 Å². The van der Waals surface area contributed by atoms with E-state index in [0.717, 1.165) is 43.5 Å². The molecule has 0 saturated heterocycles. The molecule has 5 rings (SSSR count). The molecule has 0 spiro atoms. The van der Waals surface area contributed by atoms with E-state index in [1.807, 2.05) is 60.4 Å². The number of aryl methyl sites for hydroxylation is 1. The molecule has 0 aliphatic carbocycles. The van der Waals surface area contributed by atoms with Crippen molar-refractivity contribution in [1.82, 2.24) is 29.4 Å². The topological polar surface area (TPSA) is 70.1 Å². The summed E-state index contributed by atoms with van der Waals surface area (Å²) in [6.45, 7) is 0. The van der Waals surface area contributed by atoms with Gasteiger partial charge in [0.2, 0.25) is 0 Å². The molecule has 0 aliphatic rings. The first-order valence-corrected chi connectivity index (χ1v) is 9.47. The lowest BCUT2D eigenvalue weighted by Crippen LogP contribution is -1.90. The maximum absolute atomic E-state index is 5.46. The fourth-order valence-corrected chi connectivity index (χ4v) is 3.98. The van der Waals surface area contributed by atoms with Crippen molar-refractivity contribution < 1.29 is 4.74 Å². The molecule has 138 valence electrons. The van der Waals surface area contributed by atoms with Crippen molar-refractivity contribution >= 4 is 28.3 Å². The minimum absolute atomic E-state index is 0.794. The third-order valence-corrected chi connectivity index (χ3v) is 5.46. The first kappa shape index (κ1) is 16.8. The van der Waals surface area contributed by atoms with Gasteiger partial charge in [-0.2, -0.15) is 5.10 Å². The van der Waals surface area contributed by atoms with E-state index in [1.54, 1.807) is 29.8 Å². The average molecular weight is 388 g/mol. The van der Waals surface area contributed by atoms with Crippen LogP contribution in [0.2, 0.25) is 0 Å². The molecule has 5 aromatic rings. The lowest BCUT2D eigenvalue weighted by Gasteiger charge is -2.07. The molecule has 0 atom stereocenters. The minimum Gasteiger partial charge on any atom is -0.496 e. The van der Waals surface area contributed by atoms with E-state index in [4.69, 9.17) is 4.74 Å². The Morgan fingerprint density at radius 1 is 1.00 bits per heavy atom. The summed E-state index contributed by atoms with van der Waals surface area (Å²) in [6.07, 6.45) is 7.62. The Hall–Kier alpha value is -3.39. The normalized spacial score (nSPS) is 11.4. The van der Waals surface area contributed by atoms with Crippen molar-refractivity contribution in [1.29, 1.82) is 0 Å². The molecule has 0 aliphatic heterocycles. The van der Waals surface area contributed by atoms with Gasteiger partial charge in [-0.1, -0.05) is 0 Å². The molecule has 0 saturated carbocycles.